The number of benzene rings is 1. The Labute approximate surface area is 293 Å². The molecule has 0 bridgehead atoms. The molecular formula is C40H62O9. The van der Waals surface area contributed by atoms with Crippen molar-refractivity contribution >= 4 is 0 Å². The van der Waals surface area contributed by atoms with Gasteiger partial charge < -0.3 is 33.9 Å². The van der Waals surface area contributed by atoms with Crippen LogP contribution in [0.2, 0.25) is 0 Å². The van der Waals surface area contributed by atoms with E-state index in [2.05, 4.69) is 33.8 Å². The normalized spacial score (nSPS) is 39.2. The second-order valence-electron chi connectivity index (χ2n) is 16.3. The molecule has 1 aromatic carbocycles. The van der Waals surface area contributed by atoms with E-state index in [1.54, 1.807) is 14.0 Å². The molecule has 4 fully saturated rings. The van der Waals surface area contributed by atoms with Gasteiger partial charge in [0.05, 0.1) is 25.4 Å². The molecule has 0 spiro atoms. The number of aliphatic hydroxyl groups excluding tert-OH is 2. The Kier molecular flexibility index (Phi) is 11.8. The molecule has 9 nitrogen and oxygen atoms in total. The molecule has 1 aliphatic heterocycles. The van der Waals surface area contributed by atoms with Crippen molar-refractivity contribution in [3.8, 4) is 5.75 Å². The fourth-order valence-electron chi connectivity index (χ4n) is 10.9. The van der Waals surface area contributed by atoms with E-state index in [9.17, 15) is 10.2 Å². The summed E-state index contributed by atoms with van der Waals surface area (Å²) in [4.78, 5) is 10.6. The largest absolute Gasteiger partial charge is 0.497 e. The maximum absolute atomic E-state index is 10.6. The number of fused-ring (bicyclic) bond motifs is 7. The highest BCUT2D eigenvalue weighted by Gasteiger charge is 2.65. The summed E-state index contributed by atoms with van der Waals surface area (Å²) in [5.74, 6) is 4.38. The van der Waals surface area contributed by atoms with Crippen molar-refractivity contribution in [3.05, 3.63) is 41.5 Å². The van der Waals surface area contributed by atoms with Crippen molar-refractivity contribution in [2.75, 3.05) is 20.3 Å². The van der Waals surface area contributed by atoms with Crippen LogP contribution in [-0.2, 0) is 28.7 Å². The van der Waals surface area contributed by atoms with E-state index in [1.165, 1.54) is 24.8 Å². The van der Waals surface area contributed by atoms with Crippen molar-refractivity contribution in [2.24, 2.45) is 46.3 Å². The summed E-state index contributed by atoms with van der Waals surface area (Å²) in [5.41, 5.74) is 2.80. The van der Waals surface area contributed by atoms with E-state index in [1.807, 2.05) is 31.2 Å². The molecule has 1 aromatic rings. The van der Waals surface area contributed by atoms with Crippen molar-refractivity contribution < 1.29 is 43.7 Å². The highest BCUT2D eigenvalue weighted by Crippen LogP contribution is 2.69. The minimum atomic E-state index is -1.52. The van der Waals surface area contributed by atoms with E-state index in [0.717, 1.165) is 49.8 Å². The zero-order chi connectivity index (χ0) is 34.9. The molecule has 0 amide bonds. The van der Waals surface area contributed by atoms with Gasteiger partial charge in [0.25, 0.3) is 6.48 Å². The minimum absolute atomic E-state index is 0.138. The van der Waals surface area contributed by atoms with Gasteiger partial charge in [-0.25, -0.2) is 0 Å². The van der Waals surface area contributed by atoms with Gasteiger partial charge in [-0.3, -0.25) is 0 Å². The van der Waals surface area contributed by atoms with Crippen LogP contribution >= 0.6 is 0 Å². The Morgan fingerprint density at radius 2 is 1.82 bits per heavy atom. The quantitative estimate of drug-likeness (QED) is 0.0831. The first-order valence-electron chi connectivity index (χ1n) is 19.0. The SMILES string of the molecule is CCOC(OC(C)OO[C@@H](O)OC1CCC2(C)C(=CCC3C2CCC2(C)C3CC3OC(CC[C@@H](C)CO)C(C)C32)C1)c1ccc(OC)cc1. The lowest BCUT2D eigenvalue weighted by Crippen LogP contribution is -2.51. The van der Waals surface area contributed by atoms with Crippen LogP contribution < -0.4 is 4.74 Å². The molecule has 14 atom stereocenters. The average Bonchev–Trinajstić information content (AvgIpc) is 3.58. The number of allylic oxidation sites excluding steroid dienone is 1. The number of methoxy groups -OCH3 is 1. The summed E-state index contributed by atoms with van der Waals surface area (Å²) in [6.07, 6.45) is 11.3. The van der Waals surface area contributed by atoms with Crippen LogP contribution in [0.15, 0.2) is 35.9 Å². The van der Waals surface area contributed by atoms with Gasteiger partial charge in [0.1, 0.15) is 5.75 Å². The van der Waals surface area contributed by atoms with E-state index in [0.29, 0.717) is 59.7 Å². The summed E-state index contributed by atoms with van der Waals surface area (Å²) in [6, 6.07) is 7.45. The third-order valence-electron chi connectivity index (χ3n) is 13.5. The molecule has 3 saturated carbocycles. The van der Waals surface area contributed by atoms with Gasteiger partial charge >= 0.3 is 0 Å². The summed E-state index contributed by atoms with van der Waals surface area (Å²) in [7, 11) is 1.62. The van der Waals surface area contributed by atoms with Gasteiger partial charge in [-0.2, -0.15) is 9.78 Å². The van der Waals surface area contributed by atoms with Crippen LogP contribution in [0.25, 0.3) is 0 Å². The van der Waals surface area contributed by atoms with E-state index in [4.69, 9.17) is 33.5 Å². The van der Waals surface area contributed by atoms with E-state index >= 15 is 0 Å². The first-order chi connectivity index (χ1) is 23.5. The third kappa shape index (κ3) is 7.52. The predicted molar refractivity (Wildman–Crippen MR) is 185 cm³/mol. The fraction of sp³-hybridized carbons (Fsp3) is 0.800. The molecule has 2 N–H and O–H groups in total. The monoisotopic (exact) mass is 686 g/mol. The number of hydrogen-bond acceptors (Lipinski definition) is 9. The smallest absolute Gasteiger partial charge is 0.299 e. The van der Waals surface area contributed by atoms with Gasteiger partial charge in [0.2, 0.25) is 0 Å². The standard InChI is InChI=1S/C40H62O9/c1-8-44-37(27-10-13-29(43-7)14-11-27)45-26(4)48-49-38(42)46-30-17-19-39(5)28(21-30)12-15-31-32(39)18-20-40(6)33(31)22-35-36(40)25(3)34(47-35)16-9-24(2)23-41/h10-14,24-26,30-38,41-42H,8-9,15-23H2,1-7H3/t24-,25?,26?,30?,31?,32?,33?,34?,35?,36?,37?,38+,39?,40?/m1/s1. The molecule has 5 aliphatic rings. The second-order valence-corrected chi connectivity index (χ2v) is 16.3. The average molecular weight is 687 g/mol. The van der Waals surface area contributed by atoms with Crippen molar-refractivity contribution in [1.82, 2.24) is 0 Å². The number of hydrogen-bond donors (Lipinski definition) is 2. The summed E-state index contributed by atoms with van der Waals surface area (Å²) in [5, 5.41) is 20.2. The van der Waals surface area contributed by atoms with E-state index in [-0.39, 0.29) is 18.1 Å². The van der Waals surface area contributed by atoms with Gasteiger partial charge in [0, 0.05) is 18.8 Å². The molecule has 9 heteroatoms. The topological polar surface area (TPSA) is 105 Å². The Balaban J connectivity index is 1.01. The molecule has 276 valence electrons. The number of aliphatic hydroxyl groups is 2. The maximum atomic E-state index is 10.6. The maximum Gasteiger partial charge on any atom is 0.299 e. The van der Waals surface area contributed by atoms with Crippen LogP contribution in [0.1, 0.15) is 111 Å². The number of rotatable bonds is 15. The van der Waals surface area contributed by atoms with E-state index < -0.39 is 19.1 Å². The lowest BCUT2D eigenvalue weighted by Gasteiger charge is -2.58. The molecule has 1 saturated heterocycles. The van der Waals surface area contributed by atoms with Crippen molar-refractivity contribution in [1.29, 1.82) is 0 Å². The molecule has 4 aliphatic carbocycles. The molecule has 1 heterocycles. The van der Waals surface area contributed by atoms with Gasteiger partial charge in [-0.05, 0) is 130 Å². The first kappa shape index (κ1) is 37.2. The Morgan fingerprint density at radius 3 is 2.53 bits per heavy atom. The zero-order valence-electron chi connectivity index (χ0n) is 30.8. The Hall–Kier alpha value is -1.56. The minimum Gasteiger partial charge on any atom is -0.497 e. The molecule has 49 heavy (non-hydrogen) atoms. The fourth-order valence-corrected chi connectivity index (χ4v) is 10.9. The number of ether oxygens (including phenoxy) is 5. The Morgan fingerprint density at radius 1 is 1.04 bits per heavy atom. The zero-order valence-corrected chi connectivity index (χ0v) is 30.8. The predicted octanol–water partition coefficient (Wildman–Crippen LogP) is 7.70. The summed E-state index contributed by atoms with van der Waals surface area (Å²) in [6.45, 7) is 12.4. The molecule has 0 radical (unpaired) electrons. The molecule has 12 unspecified atom stereocenters. The van der Waals surface area contributed by atoms with Crippen LogP contribution in [0.5, 0.6) is 5.75 Å². The molecular weight excluding hydrogens is 624 g/mol. The van der Waals surface area contributed by atoms with Crippen molar-refractivity contribution in [2.45, 2.75) is 137 Å². The van der Waals surface area contributed by atoms with Gasteiger partial charge in [-0.15, -0.1) is 0 Å². The molecule has 6 rings (SSSR count). The Bertz CT molecular complexity index is 1250. The van der Waals surface area contributed by atoms with Crippen LogP contribution in [0.4, 0.5) is 0 Å². The van der Waals surface area contributed by atoms with Crippen molar-refractivity contribution in [3.63, 3.8) is 0 Å². The lowest BCUT2D eigenvalue weighted by molar-refractivity contribution is -0.486. The lowest BCUT2D eigenvalue weighted by atomic mass is 9.47. The van der Waals surface area contributed by atoms with Crippen LogP contribution in [0, 0.1) is 46.3 Å². The highest BCUT2D eigenvalue weighted by atomic mass is 17.3. The van der Waals surface area contributed by atoms with Crippen LogP contribution in [0.3, 0.4) is 0 Å². The highest BCUT2D eigenvalue weighted by molar-refractivity contribution is 5.28. The summed E-state index contributed by atoms with van der Waals surface area (Å²) >= 11 is 0. The van der Waals surface area contributed by atoms with Crippen LogP contribution in [-0.4, -0.2) is 61.6 Å². The summed E-state index contributed by atoms with van der Waals surface area (Å²) < 4.78 is 29.7. The van der Waals surface area contributed by atoms with Gasteiger partial charge in [-0.1, -0.05) is 51.5 Å². The third-order valence-corrected chi connectivity index (χ3v) is 13.5. The molecule has 0 aromatic heterocycles. The second kappa shape index (κ2) is 15.6. The first-order valence-corrected chi connectivity index (χ1v) is 19.0. The van der Waals surface area contributed by atoms with Gasteiger partial charge in [0.15, 0.2) is 12.6 Å².